The van der Waals surface area contributed by atoms with E-state index in [1.807, 2.05) is 11.3 Å². The van der Waals surface area contributed by atoms with E-state index in [9.17, 15) is 0 Å². The van der Waals surface area contributed by atoms with Crippen LogP contribution in [-0.2, 0) is 6.54 Å². The molecule has 2 unspecified atom stereocenters. The average Bonchev–Trinajstić information content (AvgIpc) is 2.74. The van der Waals surface area contributed by atoms with Gasteiger partial charge in [0.25, 0.3) is 0 Å². The molecule has 0 bridgehead atoms. The van der Waals surface area contributed by atoms with Crippen molar-refractivity contribution in [2.45, 2.75) is 32.4 Å². The molecule has 1 fully saturated rings. The van der Waals surface area contributed by atoms with Crippen LogP contribution in [0.2, 0.25) is 0 Å². The summed E-state index contributed by atoms with van der Waals surface area (Å²) in [6.45, 7) is 5.65. The summed E-state index contributed by atoms with van der Waals surface area (Å²) in [4.78, 5) is 1.43. The molecule has 0 spiro atoms. The summed E-state index contributed by atoms with van der Waals surface area (Å²) in [7, 11) is 0. The normalized spacial score (nSPS) is 26.7. The lowest BCUT2D eigenvalue weighted by Gasteiger charge is -2.30. The fourth-order valence-electron chi connectivity index (χ4n) is 2.15. The Hall–Kier alpha value is -0.380. The molecule has 2 nitrogen and oxygen atoms in total. The molecule has 0 aliphatic carbocycles. The van der Waals surface area contributed by atoms with E-state index in [0.29, 0.717) is 6.04 Å². The monoisotopic (exact) mass is 224 g/mol. The number of rotatable bonds is 4. The predicted octanol–water partition coefficient (Wildman–Crippen LogP) is 2.23. The van der Waals surface area contributed by atoms with Crippen molar-refractivity contribution in [2.24, 2.45) is 5.92 Å². The van der Waals surface area contributed by atoms with Crippen LogP contribution >= 0.6 is 11.3 Å². The van der Waals surface area contributed by atoms with Crippen LogP contribution in [-0.4, -0.2) is 19.1 Å². The Morgan fingerprint density at radius 1 is 1.60 bits per heavy atom. The van der Waals surface area contributed by atoms with E-state index < -0.39 is 0 Å². The van der Waals surface area contributed by atoms with Crippen LogP contribution in [0.1, 0.15) is 24.6 Å². The van der Waals surface area contributed by atoms with Crippen LogP contribution in [0.15, 0.2) is 17.5 Å². The predicted molar refractivity (Wildman–Crippen MR) is 66.2 cm³/mol. The molecule has 2 rings (SSSR count). The molecule has 1 aliphatic rings. The van der Waals surface area contributed by atoms with Crippen molar-refractivity contribution in [3.05, 3.63) is 22.4 Å². The third kappa shape index (κ3) is 3.30. The van der Waals surface area contributed by atoms with Gasteiger partial charge in [0.05, 0.1) is 0 Å². The summed E-state index contributed by atoms with van der Waals surface area (Å²) in [6, 6.07) is 4.97. The molecule has 1 aromatic heterocycles. The Morgan fingerprint density at radius 3 is 3.27 bits per heavy atom. The van der Waals surface area contributed by atoms with Crippen LogP contribution in [0.5, 0.6) is 0 Å². The van der Waals surface area contributed by atoms with Gasteiger partial charge in [-0.3, -0.25) is 0 Å². The highest BCUT2D eigenvalue weighted by Crippen LogP contribution is 2.15. The molecular formula is C12H20N2S. The molecule has 0 saturated carbocycles. The van der Waals surface area contributed by atoms with Gasteiger partial charge < -0.3 is 10.6 Å². The summed E-state index contributed by atoms with van der Waals surface area (Å²) in [5.41, 5.74) is 0. The van der Waals surface area contributed by atoms with Gasteiger partial charge in [-0.2, -0.15) is 0 Å². The highest BCUT2D eigenvalue weighted by Gasteiger charge is 2.19. The third-order valence-electron chi connectivity index (χ3n) is 3.17. The Balaban J connectivity index is 1.68. The van der Waals surface area contributed by atoms with E-state index in [1.54, 1.807) is 0 Å². The molecule has 2 atom stereocenters. The van der Waals surface area contributed by atoms with Crippen molar-refractivity contribution in [1.82, 2.24) is 10.6 Å². The minimum absolute atomic E-state index is 0.665. The maximum atomic E-state index is 3.59. The lowest BCUT2D eigenvalue weighted by atomic mass is 9.93. The zero-order chi connectivity index (χ0) is 10.5. The summed E-state index contributed by atoms with van der Waals surface area (Å²) in [5, 5.41) is 9.26. The summed E-state index contributed by atoms with van der Waals surface area (Å²) < 4.78 is 0. The third-order valence-corrected chi connectivity index (χ3v) is 4.05. The fourth-order valence-corrected chi connectivity index (χ4v) is 2.83. The highest BCUT2D eigenvalue weighted by molar-refractivity contribution is 7.09. The van der Waals surface area contributed by atoms with E-state index in [2.05, 4.69) is 35.1 Å². The highest BCUT2D eigenvalue weighted by atomic mass is 32.1. The van der Waals surface area contributed by atoms with Crippen LogP contribution in [0.3, 0.4) is 0 Å². The Morgan fingerprint density at radius 2 is 2.53 bits per heavy atom. The standard InChI is InChI=1S/C12H20N2S/c1-10-4-2-6-14-12(10)9-13-8-11-5-3-7-15-11/h3,5,7,10,12-14H,2,4,6,8-9H2,1H3. The first-order chi connectivity index (χ1) is 7.36. The summed E-state index contributed by atoms with van der Waals surface area (Å²) in [6.07, 6.45) is 2.71. The largest absolute Gasteiger partial charge is 0.312 e. The van der Waals surface area contributed by atoms with Gasteiger partial charge in [0.1, 0.15) is 0 Å². The van der Waals surface area contributed by atoms with Crippen molar-refractivity contribution in [3.8, 4) is 0 Å². The zero-order valence-electron chi connectivity index (χ0n) is 9.33. The number of piperidine rings is 1. The Kier molecular flexibility index (Phi) is 4.18. The van der Waals surface area contributed by atoms with Gasteiger partial charge in [-0.15, -0.1) is 11.3 Å². The van der Waals surface area contributed by atoms with Crippen LogP contribution in [0.4, 0.5) is 0 Å². The molecular weight excluding hydrogens is 204 g/mol. The Labute approximate surface area is 96.1 Å². The van der Waals surface area contributed by atoms with E-state index in [4.69, 9.17) is 0 Å². The van der Waals surface area contributed by atoms with Crippen molar-refractivity contribution in [1.29, 1.82) is 0 Å². The van der Waals surface area contributed by atoms with Gasteiger partial charge in [0.15, 0.2) is 0 Å². The molecule has 1 aromatic rings. The van der Waals surface area contributed by atoms with E-state index in [1.165, 1.54) is 24.3 Å². The molecule has 2 heterocycles. The molecule has 0 amide bonds. The van der Waals surface area contributed by atoms with Crippen LogP contribution in [0, 0.1) is 5.92 Å². The molecule has 1 saturated heterocycles. The van der Waals surface area contributed by atoms with E-state index in [0.717, 1.165) is 19.0 Å². The van der Waals surface area contributed by atoms with Crippen molar-refractivity contribution in [2.75, 3.05) is 13.1 Å². The number of hydrogen-bond acceptors (Lipinski definition) is 3. The number of thiophene rings is 1. The molecule has 1 aliphatic heterocycles. The second-order valence-corrected chi connectivity index (χ2v) is 5.42. The van der Waals surface area contributed by atoms with Gasteiger partial charge >= 0.3 is 0 Å². The van der Waals surface area contributed by atoms with E-state index >= 15 is 0 Å². The summed E-state index contributed by atoms with van der Waals surface area (Å²) >= 11 is 1.83. The molecule has 15 heavy (non-hydrogen) atoms. The van der Waals surface area contributed by atoms with Gasteiger partial charge in [-0.1, -0.05) is 13.0 Å². The number of hydrogen-bond donors (Lipinski definition) is 2. The van der Waals surface area contributed by atoms with Crippen LogP contribution in [0.25, 0.3) is 0 Å². The quantitative estimate of drug-likeness (QED) is 0.819. The fraction of sp³-hybridized carbons (Fsp3) is 0.667. The first-order valence-electron chi connectivity index (χ1n) is 5.83. The first-order valence-corrected chi connectivity index (χ1v) is 6.70. The Bertz CT molecular complexity index is 271. The minimum atomic E-state index is 0.665. The van der Waals surface area contributed by atoms with Gasteiger partial charge in [0, 0.05) is 24.0 Å². The van der Waals surface area contributed by atoms with Crippen molar-refractivity contribution in [3.63, 3.8) is 0 Å². The molecule has 3 heteroatoms. The van der Waals surface area contributed by atoms with Crippen LogP contribution < -0.4 is 10.6 Å². The van der Waals surface area contributed by atoms with Gasteiger partial charge in [0.2, 0.25) is 0 Å². The lowest BCUT2D eigenvalue weighted by Crippen LogP contribution is -2.46. The molecule has 2 N–H and O–H groups in total. The van der Waals surface area contributed by atoms with Crippen molar-refractivity contribution < 1.29 is 0 Å². The van der Waals surface area contributed by atoms with Gasteiger partial charge in [-0.05, 0) is 36.8 Å². The van der Waals surface area contributed by atoms with Crippen molar-refractivity contribution >= 4 is 11.3 Å². The van der Waals surface area contributed by atoms with Gasteiger partial charge in [-0.25, -0.2) is 0 Å². The second kappa shape index (κ2) is 5.64. The second-order valence-electron chi connectivity index (χ2n) is 4.39. The molecule has 0 radical (unpaired) electrons. The number of nitrogens with one attached hydrogen (secondary N) is 2. The maximum Gasteiger partial charge on any atom is 0.0300 e. The summed E-state index contributed by atoms with van der Waals surface area (Å²) in [5.74, 6) is 0.814. The topological polar surface area (TPSA) is 24.1 Å². The smallest absolute Gasteiger partial charge is 0.0300 e. The average molecular weight is 224 g/mol. The molecule has 84 valence electrons. The minimum Gasteiger partial charge on any atom is -0.312 e. The van der Waals surface area contributed by atoms with E-state index in [-0.39, 0.29) is 0 Å². The SMILES string of the molecule is CC1CCCNC1CNCc1cccs1. The maximum absolute atomic E-state index is 3.59. The molecule has 0 aromatic carbocycles. The lowest BCUT2D eigenvalue weighted by molar-refractivity contribution is 0.290. The first kappa shape index (κ1) is 11.1. The zero-order valence-corrected chi connectivity index (χ0v) is 10.1.